The van der Waals surface area contributed by atoms with E-state index in [-0.39, 0.29) is 0 Å². The lowest BCUT2D eigenvalue weighted by molar-refractivity contribution is -0.134. The van der Waals surface area contributed by atoms with Crippen LogP contribution in [0.5, 0.6) is 0 Å². The summed E-state index contributed by atoms with van der Waals surface area (Å²) in [5.41, 5.74) is 0.343. The molecule has 1 heterocycles. The van der Waals surface area contributed by atoms with E-state index in [0.29, 0.717) is 23.8 Å². The fourth-order valence-corrected chi connectivity index (χ4v) is 2.13. The van der Waals surface area contributed by atoms with Gasteiger partial charge in [-0.2, -0.15) is 0 Å². The minimum Gasteiger partial charge on any atom is -0.337 e. The first-order chi connectivity index (χ1) is 7.40. The molecule has 0 aromatic rings. The average Bonchev–Trinajstić information content (AvgIpc) is 2.16. The maximum atomic E-state index is 12.0. The van der Waals surface area contributed by atoms with E-state index in [1.807, 2.05) is 4.90 Å². The molecule has 1 saturated heterocycles. The molecule has 3 heteroatoms. The van der Waals surface area contributed by atoms with E-state index in [9.17, 15) is 4.79 Å². The van der Waals surface area contributed by atoms with Gasteiger partial charge in [-0.05, 0) is 25.2 Å². The summed E-state index contributed by atoms with van der Waals surface area (Å²) >= 11 is 0. The summed E-state index contributed by atoms with van der Waals surface area (Å²) in [4.78, 5) is 14.0. The average molecular weight is 226 g/mol. The van der Waals surface area contributed by atoms with Crippen LogP contribution in [-0.4, -0.2) is 36.5 Å². The Hall–Kier alpha value is -0.570. The summed E-state index contributed by atoms with van der Waals surface area (Å²) in [6.07, 6.45) is 2.85. The molecule has 1 aliphatic rings. The van der Waals surface area contributed by atoms with Crippen molar-refractivity contribution in [1.82, 2.24) is 10.2 Å². The fourth-order valence-electron chi connectivity index (χ4n) is 2.13. The number of hydrogen-bond donors (Lipinski definition) is 1. The number of hydrogen-bond acceptors (Lipinski definition) is 2. The molecule has 0 bridgehead atoms. The summed E-state index contributed by atoms with van der Waals surface area (Å²) in [5.74, 6) is 0.332. The predicted molar refractivity (Wildman–Crippen MR) is 67.4 cm³/mol. The Morgan fingerprint density at radius 3 is 2.69 bits per heavy atom. The fraction of sp³-hybridized carbons (Fsp3) is 0.923. The van der Waals surface area contributed by atoms with Crippen LogP contribution in [0.2, 0.25) is 0 Å². The topological polar surface area (TPSA) is 32.3 Å². The Morgan fingerprint density at radius 1 is 1.44 bits per heavy atom. The largest absolute Gasteiger partial charge is 0.337 e. The number of carbonyl (C=O) groups is 1. The highest BCUT2D eigenvalue weighted by atomic mass is 16.2. The van der Waals surface area contributed by atoms with Crippen LogP contribution in [0.1, 0.15) is 47.0 Å². The van der Waals surface area contributed by atoms with Crippen LogP contribution >= 0.6 is 0 Å². The molecule has 3 nitrogen and oxygen atoms in total. The van der Waals surface area contributed by atoms with E-state index >= 15 is 0 Å². The van der Waals surface area contributed by atoms with E-state index in [1.54, 1.807) is 0 Å². The molecule has 1 unspecified atom stereocenters. The Labute approximate surface area is 99.6 Å². The smallest absolute Gasteiger partial charge is 0.222 e. The Bertz CT molecular complexity index is 233. The minimum absolute atomic E-state index is 0.332. The minimum atomic E-state index is 0.332. The molecule has 0 aromatic carbocycles. The first kappa shape index (κ1) is 13.5. The highest BCUT2D eigenvalue weighted by molar-refractivity contribution is 5.76. The van der Waals surface area contributed by atoms with Gasteiger partial charge in [-0.25, -0.2) is 0 Å². The Balaban J connectivity index is 2.29. The van der Waals surface area contributed by atoms with Gasteiger partial charge >= 0.3 is 0 Å². The van der Waals surface area contributed by atoms with Gasteiger partial charge in [0.15, 0.2) is 0 Å². The Morgan fingerprint density at radius 2 is 2.12 bits per heavy atom. The van der Waals surface area contributed by atoms with Gasteiger partial charge in [0.1, 0.15) is 0 Å². The van der Waals surface area contributed by atoms with E-state index in [2.05, 4.69) is 33.0 Å². The van der Waals surface area contributed by atoms with Gasteiger partial charge in [0, 0.05) is 32.1 Å². The van der Waals surface area contributed by atoms with Crippen molar-refractivity contribution < 1.29 is 4.79 Å². The molecule has 0 aliphatic carbocycles. The van der Waals surface area contributed by atoms with Crippen molar-refractivity contribution in [1.29, 1.82) is 0 Å². The zero-order valence-electron chi connectivity index (χ0n) is 11.2. The van der Waals surface area contributed by atoms with Crippen LogP contribution in [0.25, 0.3) is 0 Å². The Kier molecular flexibility index (Phi) is 4.78. The van der Waals surface area contributed by atoms with Crippen molar-refractivity contribution in [3.63, 3.8) is 0 Å². The maximum Gasteiger partial charge on any atom is 0.222 e. The van der Waals surface area contributed by atoms with Gasteiger partial charge < -0.3 is 10.2 Å². The summed E-state index contributed by atoms with van der Waals surface area (Å²) in [7, 11) is 0. The van der Waals surface area contributed by atoms with Gasteiger partial charge in [0.2, 0.25) is 5.91 Å². The molecule has 1 fully saturated rings. The molecule has 0 spiro atoms. The van der Waals surface area contributed by atoms with Gasteiger partial charge in [-0.15, -0.1) is 0 Å². The zero-order chi connectivity index (χ0) is 12.2. The monoisotopic (exact) mass is 226 g/mol. The summed E-state index contributed by atoms with van der Waals surface area (Å²) < 4.78 is 0. The number of carbonyl (C=O) groups excluding carboxylic acids is 1. The molecule has 0 aromatic heterocycles. The standard InChI is InChI=1S/C13H26N2O/c1-11-10-14-8-9-15(11)12(16)6-5-7-13(2,3)4/h11,14H,5-10H2,1-4H3. The molecule has 1 aliphatic heterocycles. The SMILES string of the molecule is CC1CNCCN1C(=O)CCCC(C)(C)C. The van der Waals surface area contributed by atoms with Gasteiger partial charge in [-0.3, -0.25) is 4.79 Å². The third-order valence-electron chi connectivity index (χ3n) is 3.14. The van der Waals surface area contributed by atoms with Crippen molar-refractivity contribution in [2.24, 2.45) is 5.41 Å². The van der Waals surface area contributed by atoms with Crippen LogP contribution in [0.3, 0.4) is 0 Å². The first-order valence-electron chi connectivity index (χ1n) is 6.40. The number of nitrogens with one attached hydrogen (secondary N) is 1. The lowest BCUT2D eigenvalue weighted by Gasteiger charge is -2.34. The third kappa shape index (κ3) is 4.52. The molecule has 0 saturated carbocycles. The second-order valence-corrected chi connectivity index (χ2v) is 6.05. The van der Waals surface area contributed by atoms with Crippen molar-refractivity contribution in [2.75, 3.05) is 19.6 Å². The van der Waals surface area contributed by atoms with Crippen LogP contribution < -0.4 is 5.32 Å². The summed E-state index contributed by atoms with van der Waals surface area (Å²) in [5, 5.41) is 3.31. The number of rotatable bonds is 3. The quantitative estimate of drug-likeness (QED) is 0.798. The van der Waals surface area contributed by atoms with Crippen LogP contribution in [-0.2, 0) is 4.79 Å². The van der Waals surface area contributed by atoms with Crippen molar-refractivity contribution >= 4 is 5.91 Å². The molecule has 1 rings (SSSR count). The molecule has 1 N–H and O–H groups in total. The molecule has 1 amide bonds. The normalized spacial score (nSPS) is 22.2. The molecule has 0 radical (unpaired) electrons. The highest BCUT2D eigenvalue weighted by Gasteiger charge is 2.22. The molecular weight excluding hydrogens is 200 g/mol. The number of nitrogens with zero attached hydrogens (tertiary/aromatic N) is 1. The van der Waals surface area contributed by atoms with Crippen LogP contribution in [0, 0.1) is 5.41 Å². The third-order valence-corrected chi connectivity index (χ3v) is 3.14. The van der Waals surface area contributed by atoms with Crippen molar-refractivity contribution in [2.45, 2.75) is 53.0 Å². The second kappa shape index (κ2) is 5.67. The summed E-state index contributed by atoms with van der Waals surface area (Å²) in [6.45, 7) is 11.5. The van der Waals surface area contributed by atoms with Crippen molar-refractivity contribution in [3.05, 3.63) is 0 Å². The second-order valence-electron chi connectivity index (χ2n) is 6.05. The van der Waals surface area contributed by atoms with Crippen molar-refractivity contribution in [3.8, 4) is 0 Å². The first-order valence-corrected chi connectivity index (χ1v) is 6.40. The van der Waals surface area contributed by atoms with Gasteiger partial charge in [0.05, 0.1) is 0 Å². The number of amides is 1. The van der Waals surface area contributed by atoms with E-state index in [0.717, 1.165) is 32.5 Å². The maximum absolute atomic E-state index is 12.0. The summed E-state index contributed by atoms with van der Waals surface area (Å²) in [6, 6.07) is 0.357. The zero-order valence-corrected chi connectivity index (χ0v) is 11.2. The van der Waals surface area contributed by atoms with Crippen LogP contribution in [0.15, 0.2) is 0 Å². The number of piperazine rings is 1. The molecule has 1 atom stereocenters. The lowest BCUT2D eigenvalue weighted by Crippen LogP contribution is -2.52. The predicted octanol–water partition coefficient (Wildman–Crippen LogP) is 2.02. The van der Waals surface area contributed by atoms with Gasteiger partial charge in [-0.1, -0.05) is 20.8 Å². The molecular formula is C13H26N2O. The van der Waals surface area contributed by atoms with E-state index < -0.39 is 0 Å². The van der Waals surface area contributed by atoms with Gasteiger partial charge in [0.25, 0.3) is 0 Å². The lowest BCUT2D eigenvalue weighted by atomic mass is 9.90. The van der Waals surface area contributed by atoms with E-state index in [1.165, 1.54) is 0 Å². The molecule has 94 valence electrons. The highest BCUT2D eigenvalue weighted by Crippen LogP contribution is 2.22. The van der Waals surface area contributed by atoms with E-state index in [4.69, 9.17) is 0 Å². The molecule has 16 heavy (non-hydrogen) atoms. The van der Waals surface area contributed by atoms with Crippen LogP contribution in [0.4, 0.5) is 0 Å².